The van der Waals surface area contributed by atoms with Crippen LogP contribution in [0.5, 0.6) is 0 Å². The highest BCUT2D eigenvalue weighted by Crippen LogP contribution is 2.26. The van der Waals surface area contributed by atoms with Crippen molar-refractivity contribution in [3.05, 3.63) is 34.4 Å². The molecule has 1 rings (SSSR count). The van der Waals surface area contributed by atoms with Crippen molar-refractivity contribution < 1.29 is 9.90 Å². The molecule has 3 N–H and O–H groups in total. The van der Waals surface area contributed by atoms with Crippen LogP contribution in [-0.2, 0) is 4.79 Å². The van der Waals surface area contributed by atoms with Gasteiger partial charge in [-0.15, -0.1) is 0 Å². The summed E-state index contributed by atoms with van der Waals surface area (Å²) in [5.41, 5.74) is 9.78. The Morgan fingerprint density at radius 1 is 1.31 bits per heavy atom. The van der Waals surface area contributed by atoms with E-state index in [0.717, 1.165) is 11.1 Å². The Morgan fingerprint density at radius 3 is 2.44 bits per heavy atom. The number of benzene rings is 1. The van der Waals surface area contributed by atoms with Gasteiger partial charge in [0.1, 0.15) is 0 Å². The number of carboxylic acids is 1. The smallest absolute Gasteiger partial charge is 0.311 e. The third kappa shape index (κ3) is 2.42. The van der Waals surface area contributed by atoms with Crippen molar-refractivity contribution in [1.29, 1.82) is 0 Å². The Kier molecular flexibility index (Phi) is 4.07. The van der Waals surface area contributed by atoms with E-state index in [4.69, 9.17) is 5.73 Å². The molecular weight excluding hydrogens is 202 g/mol. The van der Waals surface area contributed by atoms with Crippen LogP contribution in [0.2, 0.25) is 0 Å². The molecule has 16 heavy (non-hydrogen) atoms. The van der Waals surface area contributed by atoms with Crippen LogP contribution in [0.15, 0.2) is 12.1 Å². The van der Waals surface area contributed by atoms with Crippen LogP contribution in [0.3, 0.4) is 0 Å². The number of hydrogen-bond acceptors (Lipinski definition) is 2. The first kappa shape index (κ1) is 12.7. The Bertz CT molecular complexity index is 399. The lowest BCUT2D eigenvalue weighted by Crippen LogP contribution is -2.17. The van der Waals surface area contributed by atoms with Crippen LogP contribution in [-0.4, -0.2) is 17.6 Å². The lowest BCUT2D eigenvalue weighted by atomic mass is 9.88. The van der Waals surface area contributed by atoms with E-state index in [2.05, 4.69) is 0 Å². The number of hydrogen-bond donors (Lipinski definition) is 2. The summed E-state index contributed by atoms with van der Waals surface area (Å²) in [4.78, 5) is 11.2. The van der Waals surface area contributed by atoms with Crippen molar-refractivity contribution >= 4 is 5.97 Å². The second-order valence-electron chi connectivity index (χ2n) is 4.19. The van der Waals surface area contributed by atoms with Gasteiger partial charge in [0.2, 0.25) is 0 Å². The van der Waals surface area contributed by atoms with E-state index in [0.29, 0.717) is 13.0 Å². The SMILES string of the molecule is Cc1ccc(C(CCN)C(=O)O)c(C)c1C. The quantitative estimate of drug-likeness (QED) is 0.818. The fraction of sp³-hybridized carbons (Fsp3) is 0.462. The molecule has 0 amide bonds. The number of carbonyl (C=O) groups is 1. The van der Waals surface area contributed by atoms with Crippen molar-refractivity contribution in [3.63, 3.8) is 0 Å². The summed E-state index contributed by atoms with van der Waals surface area (Å²) in [5.74, 6) is -1.28. The maximum absolute atomic E-state index is 11.2. The van der Waals surface area contributed by atoms with E-state index in [9.17, 15) is 9.90 Å². The molecule has 1 aromatic rings. The Balaban J connectivity index is 3.20. The number of rotatable bonds is 4. The molecule has 0 aliphatic carbocycles. The standard InChI is InChI=1S/C13H19NO2/c1-8-4-5-11(10(3)9(8)2)12(6-7-14)13(15)16/h4-5,12H,6-7,14H2,1-3H3,(H,15,16). The van der Waals surface area contributed by atoms with Gasteiger partial charge >= 0.3 is 5.97 Å². The molecule has 0 spiro atoms. The molecule has 0 heterocycles. The fourth-order valence-electron chi connectivity index (χ4n) is 1.93. The molecule has 3 heteroatoms. The molecule has 0 radical (unpaired) electrons. The number of nitrogens with two attached hydrogens (primary N) is 1. The van der Waals surface area contributed by atoms with Crippen molar-refractivity contribution in [2.75, 3.05) is 6.54 Å². The number of carboxylic acid groups (broad SMARTS) is 1. The van der Waals surface area contributed by atoms with E-state index >= 15 is 0 Å². The van der Waals surface area contributed by atoms with Crippen LogP contribution in [0.25, 0.3) is 0 Å². The van der Waals surface area contributed by atoms with Crippen LogP contribution >= 0.6 is 0 Å². The van der Waals surface area contributed by atoms with Gasteiger partial charge in [0.15, 0.2) is 0 Å². The molecule has 1 unspecified atom stereocenters. The van der Waals surface area contributed by atoms with Gasteiger partial charge in [0.25, 0.3) is 0 Å². The van der Waals surface area contributed by atoms with Gasteiger partial charge < -0.3 is 10.8 Å². The molecule has 0 saturated carbocycles. The first-order chi connectivity index (χ1) is 7.49. The zero-order valence-corrected chi connectivity index (χ0v) is 10.1. The molecule has 1 atom stereocenters. The summed E-state index contributed by atoms with van der Waals surface area (Å²) in [6.45, 7) is 6.42. The molecule has 0 saturated heterocycles. The minimum Gasteiger partial charge on any atom is -0.481 e. The monoisotopic (exact) mass is 221 g/mol. The summed E-state index contributed by atoms with van der Waals surface area (Å²) in [6.07, 6.45) is 0.485. The normalized spacial score (nSPS) is 12.5. The van der Waals surface area contributed by atoms with Gasteiger partial charge in [-0.2, -0.15) is 0 Å². The summed E-state index contributed by atoms with van der Waals surface area (Å²) < 4.78 is 0. The van der Waals surface area contributed by atoms with Crippen LogP contribution in [0.1, 0.15) is 34.6 Å². The van der Waals surface area contributed by atoms with Crippen molar-refractivity contribution in [2.24, 2.45) is 5.73 Å². The van der Waals surface area contributed by atoms with Crippen molar-refractivity contribution in [1.82, 2.24) is 0 Å². The largest absolute Gasteiger partial charge is 0.481 e. The molecule has 0 bridgehead atoms. The van der Waals surface area contributed by atoms with Gasteiger partial charge in [-0.05, 0) is 56.0 Å². The molecule has 0 aromatic heterocycles. The average Bonchev–Trinajstić information content (AvgIpc) is 2.24. The lowest BCUT2D eigenvalue weighted by Gasteiger charge is -2.17. The second-order valence-corrected chi connectivity index (χ2v) is 4.19. The predicted molar refractivity (Wildman–Crippen MR) is 64.7 cm³/mol. The molecule has 0 aliphatic heterocycles. The summed E-state index contributed by atoms with van der Waals surface area (Å²) >= 11 is 0. The van der Waals surface area contributed by atoms with E-state index in [1.807, 2.05) is 32.9 Å². The summed E-state index contributed by atoms with van der Waals surface area (Å²) in [6, 6.07) is 3.89. The van der Waals surface area contributed by atoms with Gasteiger partial charge in [0, 0.05) is 0 Å². The molecule has 3 nitrogen and oxygen atoms in total. The van der Waals surface area contributed by atoms with Gasteiger partial charge in [0.05, 0.1) is 5.92 Å². The zero-order chi connectivity index (χ0) is 12.3. The van der Waals surface area contributed by atoms with E-state index < -0.39 is 11.9 Å². The number of aliphatic carboxylic acids is 1. The molecular formula is C13H19NO2. The van der Waals surface area contributed by atoms with E-state index in [-0.39, 0.29) is 0 Å². The maximum atomic E-state index is 11.2. The van der Waals surface area contributed by atoms with Crippen LogP contribution < -0.4 is 5.73 Å². The highest BCUT2D eigenvalue weighted by molar-refractivity contribution is 5.77. The molecule has 0 aliphatic rings. The topological polar surface area (TPSA) is 63.3 Å². The Labute approximate surface area is 96.3 Å². The molecule has 0 fully saturated rings. The zero-order valence-electron chi connectivity index (χ0n) is 10.1. The molecule has 1 aromatic carbocycles. The van der Waals surface area contributed by atoms with Gasteiger partial charge in [-0.1, -0.05) is 12.1 Å². The second kappa shape index (κ2) is 5.12. The fourth-order valence-corrected chi connectivity index (χ4v) is 1.93. The third-order valence-electron chi connectivity index (χ3n) is 3.23. The first-order valence-corrected chi connectivity index (χ1v) is 5.48. The first-order valence-electron chi connectivity index (χ1n) is 5.48. The summed E-state index contributed by atoms with van der Waals surface area (Å²) in [5, 5.41) is 9.19. The minimum absolute atomic E-state index is 0.392. The maximum Gasteiger partial charge on any atom is 0.311 e. The Hall–Kier alpha value is -1.35. The van der Waals surface area contributed by atoms with Gasteiger partial charge in [-0.25, -0.2) is 0 Å². The van der Waals surface area contributed by atoms with Gasteiger partial charge in [-0.3, -0.25) is 4.79 Å². The lowest BCUT2D eigenvalue weighted by molar-refractivity contribution is -0.138. The van der Waals surface area contributed by atoms with Crippen molar-refractivity contribution in [3.8, 4) is 0 Å². The minimum atomic E-state index is -0.795. The summed E-state index contributed by atoms with van der Waals surface area (Å²) in [7, 11) is 0. The van der Waals surface area contributed by atoms with Crippen LogP contribution in [0, 0.1) is 20.8 Å². The third-order valence-corrected chi connectivity index (χ3v) is 3.23. The molecule has 88 valence electrons. The van der Waals surface area contributed by atoms with Crippen molar-refractivity contribution in [2.45, 2.75) is 33.1 Å². The van der Waals surface area contributed by atoms with Crippen LogP contribution in [0.4, 0.5) is 0 Å². The number of aryl methyl sites for hydroxylation is 1. The highest BCUT2D eigenvalue weighted by Gasteiger charge is 2.21. The average molecular weight is 221 g/mol. The van der Waals surface area contributed by atoms with E-state index in [1.54, 1.807) is 0 Å². The van der Waals surface area contributed by atoms with E-state index in [1.165, 1.54) is 11.1 Å². The highest BCUT2D eigenvalue weighted by atomic mass is 16.4. The Morgan fingerprint density at radius 2 is 1.94 bits per heavy atom. The predicted octanol–water partition coefficient (Wildman–Crippen LogP) is 2.13.